The highest BCUT2D eigenvalue weighted by molar-refractivity contribution is 5.98. The summed E-state index contributed by atoms with van der Waals surface area (Å²) in [4.78, 5) is 29.2. The highest BCUT2D eigenvalue weighted by atomic mass is 16.2. The van der Waals surface area contributed by atoms with Gasteiger partial charge in [-0.05, 0) is 18.4 Å². The standard InChI is InChI=1S/C20H29N3O2/c1-2-16-3-5-17(6-4-16)19(24)7-8-20(25)23-12-9-18(15-23)22-13-10-21-11-14-22/h3-6,18,21H,2,7-15H2,1H3. The third kappa shape index (κ3) is 4.67. The molecule has 0 radical (unpaired) electrons. The Kier molecular flexibility index (Phi) is 6.21. The van der Waals surface area contributed by atoms with E-state index in [9.17, 15) is 9.59 Å². The summed E-state index contributed by atoms with van der Waals surface area (Å²) >= 11 is 0. The second-order valence-corrected chi connectivity index (χ2v) is 7.04. The first-order chi connectivity index (χ1) is 12.2. The molecular formula is C20H29N3O2. The lowest BCUT2D eigenvalue weighted by molar-refractivity contribution is -0.130. The van der Waals surface area contributed by atoms with E-state index in [2.05, 4.69) is 17.1 Å². The molecule has 1 N–H and O–H groups in total. The Labute approximate surface area is 150 Å². The van der Waals surface area contributed by atoms with Gasteiger partial charge in [-0.2, -0.15) is 0 Å². The third-order valence-electron chi connectivity index (χ3n) is 5.43. The molecule has 0 bridgehead atoms. The summed E-state index contributed by atoms with van der Waals surface area (Å²) in [5.74, 6) is 0.185. The van der Waals surface area contributed by atoms with Crippen LogP contribution < -0.4 is 5.32 Å². The number of ketones is 1. The van der Waals surface area contributed by atoms with Gasteiger partial charge in [-0.15, -0.1) is 0 Å². The van der Waals surface area contributed by atoms with Gasteiger partial charge in [0.2, 0.25) is 5.91 Å². The number of carbonyl (C=O) groups excluding carboxylic acids is 2. The molecule has 3 rings (SSSR count). The van der Waals surface area contributed by atoms with Crippen LogP contribution in [0, 0.1) is 0 Å². The first-order valence-corrected chi connectivity index (χ1v) is 9.52. The molecule has 1 amide bonds. The molecule has 2 saturated heterocycles. The molecule has 2 heterocycles. The van der Waals surface area contributed by atoms with E-state index in [1.807, 2.05) is 29.2 Å². The Bertz CT molecular complexity index is 593. The number of hydrogen-bond donors (Lipinski definition) is 1. The van der Waals surface area contributed by atoms with E-state index in [0.29, 0.717) is 24.4 Å². The Morgan fingerprint density at radius 2 is 1.80 bits per heavy atom. The van der Waals surface area contributed by atoms with Crippen molar-refractivity contribution in [3.63, 3.8) is 0 Å². The number of carbonyl (C=O) groups is 2. The number of hydrogen-bond acceptors (Lipinski definition) is 4. The molecule has 0 aromatic heterocycles. The maximum atomic E-state index is 12.5. The molecule has 1 aromatic rings. The molecule has 0 saturated carbocycles. The largest absolute Gasteiger partial charge is 0.341 e. The van der Waals surface area contributed by atoms with Crippen molar-refractivity contribution >= 4 is 11.7 Å². The van der Waals surface area contributed by atoms with Gasteiger partial charge in [-0.3, -0.25) is 14.5 Å². The minimum absolute atomic E-state index is 0.0638. The Morgan fingerprint density at radius 1 is 1.08 bits per heavy atom. The Balaban J connectivity index is 1.45. The average molecular weight is 343 g/mol. The van der Waals surface area contributed by atoms with Crippen molar-refractivity contribution in [2.24, 2.45) is 0 Å². The number of rotatable bonds is 6. The summed E-state index contributed by atoms with van der Waals surface area (Å²) < 4.78 is 0. The molecular weight excluding hydrogens is 314 g/mol. The topological polar surface area (TPSA) is 52.7 Å². The molecule has 1 unspecified atom stereocenters. The molecule has 2 aliphatic rings. The van der Waals surface area contributed by atoms with Gasteiger partial charge in [0.1, 0.15) is 0 Å². The van der Waals surface area contributed by atoms with Gasteiger partial charge >= 0.3 is 0 Å². The number of amides is 1. The van der Waals surface area contributed by atoms with Gasteiger partial charge in [0.05, 0.1) is 0 Å². The molecule has 5 nitrogen and oxygen atoms in total. The maximum Gasteiger partial charge on any atom is 0.223 e. The number of nitrogens with one attached hydrogen (secondary N) is 1. The van der Waals surface area contributed by atoms with Crippen LogP contribution in [0.4, 0.5) is 0 Å². The zero-order chi connectivity index (χ0) is 17.6. The molecule has 2 fully saturated rings. The fourth-order valence-corrected chi connectivity index (χ4v) is 3.76. The molecule has 25 heavy (non-hydrogen) atoms. The summed E-state index contributed by atoms with van der Waals surface area (Å²) in [6.45, 7) is 7.95. The van der Waals surface area contributed by atoms with Crippen LogP contribution in [0.3, 0.4) is 0 Å². The zero-order valence-electron chi connectivity index (χ0n) is 15.2. The van der Waals surface area contributed by atoms with Crippen molar-refractivity contribution in [3.8, 4) is 0 Å². The molecule has 0 spiro atoms. The predicted octanol–water partition coefficient (Wildman–Crippen LogP) is 1.72. The number of Topliss-reactive ketones (excluding diaryl/α,β-unsaturated/α-hetero) is 1. The monoisotopic (exact) mass is 343 g/mol. The first-order valence-electron chi connectivity index (χ1n) is 9.52. The van der Waals surface area contributed by atoms with Crippen LogP contribution in [-0.4, -0.2) is 66.8 Å². The highest BCUT2D eigenvalue weighted by Gasteiger charge is 2.30. The van der Waals surface area contributed by atoms with Gasteiger partial charge in [-0.1, -0.05) is 31.2 Å². The molecule has 0 aliphatic carbocycles. The molecule has 1 aromatic carbocycles. The lowest BCUT2D eigenvalue weighted by atomic mass is 10.0. The lowest BCUT2D eigenvalue weighted by Crippen LogP contribution is -2.49. The number of likely N-dealkylation sites (tertiary alicyclic amines) is 1. The minimum atomic E-state index is 0.0638. The van der Waals surface area contributed by atoms with Crippen LogP contribution in [0.15, 0.2) is 24.3 Å². The molecule has 5 heteroatoms. The average Bonchev–Trinajstić information content (AvgIpc) is 3.17. The van der Waals surface area contributed by atoms with Gasteiger partial charge in [0.25, 0.3) is 0 Å². The molecule has 2 aliphatic heterocycles. The zero-order valence-corrected chi connectivity index (χ0v) is 15.2. The van der Waals surface area contributed by atoms with E-state index in [-0.39, 0.29) is 11.7 Å². The normalized spacial score (nSPS) is 21.5. The fourth-order valence-electron chi connectivity index (χ4n) is 3.76. The summed E-state index contributed by atoms with van der Waals surface area (Å²) in [6.07, 6.45) is 2.65. The van der Waals surface area contributed by atoms with Crippen molar-refractivity contribution in [2.45, 2.75) is 38.6 Å². The summed E-state index contributed by atoms with van der Waals surface area (Å²) in [5, 5.41) is 3.37. The Hall–Kier alpha value is -1.72. The summed E-state index contributed by atoms with van der Waals surface area (Å²) in [6, 6.07) is 8.23. The van der Waals surface area contributed by atoms with E-state index in [1.165, 1.54) is 5.56 Å². The van der Waals surface area contributed by atoms with Crippen molar-refractivity contribution < 1.29 is 9.59 Å². The number of aryl methyl sites for hydroxylation is 1. The smallest absolute Gasteiger partial charge is 0.223 e. The first kappa shape index (κ1) is 18.1. The number of piperazine rings is 1. The second-order valence-electron chi connectivity index (χ2n) is 7.04. The SMILES string of the molecule is CCc1ccc(C(=O)CCC(=O)N2CCC(N3CCNCC3)C2)cc1. The Morgan fingerprint density at radius 3 is 2.48 bits per heavy atom. The van der Waals surface area contributed by atoms with E-state index in [1.54, 1.807) is 0 Å². The van der Waals surface area contributed by atoms with Crippen molar-refractivity contribution in [2.75, 3.05) is 39.3 Å². The van der Waals surface area contributed by atoms with Crippen molar-refractivity contribution in [3.05, 3.63) is 35.4 Å². The number of benzene rings is 1. The van der Waals surface area contributed by atoms with Crippen LogP contribution in [0.1, 0.15) is 42.1 Å². The highest BCUT2D eigenvalue weighted by Crippen LogP contribution is 2.18. The molecule has 1 atom stereocenters. The van der Waals surface area contributed by atoms with E-state index >= 15 is 0 Å². The van der Waals surface area contributed by atoms with E-state index in [0.717, 1.165) is 52.1 Å². The van der Waals surface area contributed by atoms with Crippen LogP contribution in [0.5, 0.6) is 0 Å². The maximum absolute atomic E-state index is 12.5. The van der Waals surface area contributed by atoms with Gasteiger partial charge in [0.15, 0.2) is 5.78 Å². The second kappa shape index (κ2) is 8.59. The van der Waals surface area contributed by atoms with Gasteiger partial charge in [0, 0.05) is 63.7 Å². The van der Waals surface area contributed by atoms with Crippen molar-refractivity contribution in [1.82, 2.24) is 15.1 Å². The van der Waals surface area contributed by atoms with E-state index < -0.39 is 0 Å². The quantitative estimate of drug-likeness (QED) is 0.799. The fraction of sp³-hybridized carbons (Fsp3) is 0.600. The van der Waals surface area contributed by atoms with Gasteiger partial charge in [-0.25, -0.2) is 0 Å². The van der Waals surface area contributed by atoms with Crippen molar-refractivity contribution in [1.29, 1.82) is 0 Å². The van der Waals surface area contributed by atoms with Crippen LogP contribution >= 0.6 is 0 Å². The van der Waals surface area contributed by atoms with Crippen LogP contribution in [0.25, 0.3) is 0 Å². The third-order valence-corrected chi connectivity index (χ3v) is 5.43. The molecule has 136 valence electrons. The van der Waals surface area contributed by atoms with Crippen LogP contribution in [-0.2, 0) is 11.2 Å². The summed E-state index contributed by atoms with van der Waals surface area (Å²) in [7, 11) is 0. The van der Waals surface area contributed by atoms with Gasteiger partial charge < -0.3 is 10.2 Å². The minimum Gasteiger partial charge on any atom is -0.341 e. The number of nitrogens with zero attached hydrogens (tertiary/aromatic N) is 2. The lowest BCUT2D eigenvalue weighted by Gasteiger charge is -2.32. The van der Waals surface area contributed by atoms with E-state index in [4.69, 9.17) is 0 Å². The summed E-state index contributed by atoms with van der Waals surface area (Å²) in [5.41, 5.74) is 1.94. The predicted molar refractivity (Wildman–Crippen MR) is 98.8 cm³/mol. The van der Waals surface area contributed by atoms with Crippen LogP contribution in [0.2, 0.25) is 0 Å².